The van der Waals surface area contributed by atoms with Crippen LogP contribution in [0.15, 0.2) is 30.5 Å². The molecule has 0 bridgehead atoms. The van der Waals surface area contributed by atoms with Crippen molar-refractivity contribution in [3.8, 4) is 0 Å². The summed E-state index contributed by atoms with van der Waals surface area (Å²) in [6, 6.07) is 7.76. The standard InChI is InChI=1S/C11H10ClN5S/c12-8-1-2-9-7(5-8)3-4-16(9)6-10-14-15-11(18)17(10)13/h1-5H,6,13H2,(H,15,18). The van der Waals surface area contributed by atoms with Crippen molar-refractivity contribution in [2.24, 2.45) is 0 Å². The number of nitrogens with one attached hydrogen (secondary N) is 1. The molecule has 5 nitrogen and oxygen atoms in total. The average molecular weight is 280 g/mol. The molecule has 0 radical (unpaired) electrons. The van der Waals surface area contributed by atoms with Crippen LogP contribution in [0.2, 0.25) is 5.02 Å². The van der Waals surface area contributed by atoms with E-state index >= 15 is 0 Å². The molecule has 92 valence electrons. The molecule has 7 heteroatoms. The van der Waals surface area contributed by atoms with Gasteiger partial charge in [-0.05, 0) is 36.5 Å². The summed E-state index contributed by atoms with van der Waals surface area (Å²) >= 11 is 10.9. The first-order valence-electron chi connectivity index (χ1n) is 5.31. The first-order chi connectivity index (χ1) is 8.65. The lowest BCUT2D eigenvalue weighted by Gasteiger charge is -2.04. The van der Waals surface area contributed by atoms with E-state index < -0.39 is 0 Å². The molecule has 0 aliphatic heterocycles. The molecular weight excluding hydrogens is 270 g/mol. The Kier molecular flexibility index (Phi) is 2.61. The Balaban J connectivity index is 2.05. The van der Waals surface area contributed by atoms with Crippen LogP contribution in [0.3, 0.4) is 0 Å². The van der Waals surface area contributed by atoms with Gasteiger partial charge in [-0.15, -0.1) is 0 Å². The molecule has 0 aliphatic carbocycles. The van der Waals surface area contributed by atoms with Gasteiger partial charge in [-0.25, -0.2) is 4.68 Å². The summed E-state index contributed by atoms with van der Waals surface area (Å²) in [6.45, 7) is 0.550. The molecule has 0 fully saturated rings. The van der Waals surface area contributed by atoms with E-state index in [0.717, 1.165) is 15.9 Å². The maximum atomic E-state index is 5.95. The van der Waals surface area contributed by atoms with Crippen molar-refractivity contribution in [1.29, 1.82) is 0 Å². The molecule has 3 rings (SSSR count). The van der Waals surface area contributed by atoms with E-state index in [1.807, 2.05) is 35.0 Å². The topological polar surface area (TPSA) is 64.6 Å². The Morgan fingerprint density at radius 3 is 2.94 bits per heavy atom. The normalized spacial score (nSPS) is 11.2. The lowest BCUT2D eigenvalue weighted by atomic mass is 10.2. The first kappa shape index (κ1) is 11.3. The summed E-state index contributed by atoms with van der Waals surface area (Å²) in [4.78, 5) is 0. The minimum atomic E-state index is 0.407. The van der Waals surface area contributed by atoms with Crippen LogP contribution in [0.25, 0.3) is 10.9 Å². The van der Waals surface area contributed by atoms with Gasteiger partial charge in [0.1, 0.15) is 0 Å². The van der Waals surface area contributed by atoms with Gasteiger partial charge >= 0.3 is 0 Å². The lowest BCUT2D eigenvalue weighted by molar-refractivity contribution is 0.735. The number of hydrogen-bond donors (Lipinski definition) is 2. The third-order valence-corrected chi connectivity index (χ3v) is 3.35. The molecule has 0 unspecified atom stereocenters. The van der Waals surface area contributed by atoms with Gasteiger partial charge in [-0.2, -0.15) is 5.10 Å². The van der Waals surface area contributed by atoms with Crippen LogP contribution in [0, 0.1) is 4.77 Å². The molecule has 18 heavy (non-hydrogen) atoms. The molecule has 0 saturated heterocycles. The van der Waals surface area contributed by atoms with Gasteiger partial charge < -0.3 is 10.4 Å². The highest BCUT2D eigenvalue weighted by Crippen LogP contribution is 2.20. The Labute approximate surface area is 113 Å². The number of fused-ring (bicyclic) bond motifs is 1. The van der Waals surface area contributed by atoms with Gasteiger partial charge in [-0.3, -0.25) is 5.10 Å². The second kappa shape index (κ2) is 4.15. The zero-order chi connectivity index (χ0) is 12.7. The Morgan fingerprint density at radius 2 is 2.22 bits per heavy atom. The molecule has 0 amide bonds. The number of nitrogens with zero attached hydrogens (tertiary/aromatic N) is 3. The summed E-state index contributed by atoms with van der Waals surface area (Å²) in [5.41, 5.74) is 1.08. The summed E-state index contributed by atoms with van der Waals surface area (Å²) in [5.74, 6) is 6.45. The quantitative estimate of drug-likeness (QED) is 0.559. The van der Waals surface area contributed by atoms with Crippen molar-refractivity contribution in [2.75, 3.05) is 5.84 Å². The fraction of sp³-hybridized carbons (Fsp3) is 0.0909. The van der Waals surface area contributed by atoms with E-state index in [-0.39, 0.29) is 0 Å². The molecule has 0 saturated carbocycles. The molecule has 0 aliphatic rings. The minimum absolute atomic E-state index is 0.407. The summed E-state index contributed by atoms with van der Waals surface area (Å²) in [7, 11) is 0. The van der Waals surface area contributed by atoms with Crippen molar-refractivity contribution >= 4 is 34.7 Å². The van der Waals surface area contributed by atoms with Crippen LogP contribution < -0.4 is 5.84 Å². The van der Waals surface area contributed by atoms with Crippen LogP contribution in [0.1, 0.15) is 5.82 Å². The van der Waals surface area contributed by atoms with Gasteiger partial charge in [0.25, 0.3) is 0 Å². The zero-order valence-corrected chi connectivity index (χ0v) is 10.9. The van der Waals surface area contributed by atoms with E-state index in [1.54, 1.807) is 0 Å². The van der Waals surface area contributed by atoms with Crippen LogP contribution in [-0.2, 0) is 6.54 Å². The number of aromatic nitrogens is 4. The molecule has 1 aromatic carbocycles. The van der Waals surface area contributed by atoms with Crippen molar-refractivity contribution < 1.29 is 0 Å². The van der Waals surface area contributed by atoms with Crippen LogP contribution in [-0.4, -0.2) is 19.4 Å². The molecule has 0 spiro atoms. The van der Waals surface area contributed by atoms with Crippen molar-refractivity contribution in [3.05, 3.63) is 46.1 Å². The molecule has 3 N–H and O–H groups in total. The fourth-order valence-electron chi connectivity index (χ4n) is 1.91. The third-order valence-electron chi connectivity index (χ3n) is 2.82. The molecule has 3 aromatic rings. The lowest BCUT2D eigenvalue weighted by Crippen LogP contribution is -2.15. The maximum absolute atomic E-state index is 5.95. The highest BCUT2D eigenvalue weighted by atomic mass is 35.5. The Bertz CT molecular complexity index is 769. The zero-order valence-electron chi connectivity index (χ0n) is 9.30. The van der Waals surface area contributed by atoms with E-state index in [9.17, 15) is 0 Å². The second-order valence-corrected chi connectivity index (χ2v) is 4.78. The molecule has 2 aromatic heterocycles. The van der Waals surface area contributed by atoms with Crippen LogP contribution >= 0.6 is 23.8 Å². The monoisotopic (exact) mass is 279 g/mol. The van der Waals surface area contributed by atoms with Crippen molar-refractivity contribution in [2.45, 2.75) is 6.54 Å². The largest absolute Gasteiger partial charge is 0.340 e. The van der Waals surface area contributed by atoms with Crippen molar-refractivity contribution in [3.63, 3.8) is 0 Å². The maximum Gasteiger partial charge on any atom is 0.214 e. The Morgan fingerprint density at radius 1 is 1.39 bits per heavy atom. The highest BCUT2D eigenvalue weighted by Gasteiger charge is 2.07. The van der Waals surface area contributed by atoms with Gasteiger partial charge in [0.05, 0.1) is 6.54 Å². The van der Waals surface area contributed by atoms with Gasteiger partial charge in [0.2, 0.25) is 4.77 Å². The predicted molar refractivity (Wildman–Crippen MR) is 73.6 cm³/mol. The minimum Gasteiger partial charge on any atom is -0.340 e. The summed E-state index contributed by atoms with van der Waals surface area (Å²) in [6.07, 6.45) is 1.97. The van der Waals surface area contributed by atoms with E-state index in [0.29, 0.717) is 17.1 Å². The van der Waals surface area contributed by atoms with E-state index in [1.165, 1.54) is 4.68 Å². The van der Waals surface area contributed by atoms with Gasteiger partial charge in [-0.1, -0.05) is 11.6 Å². The van der Waals surface area contributed by atoms with E-state index in [2.05, 4.69) is 10.2 Å². The van der Waals surface area contributed by atoms with Crippen LogP contribution in [0.4, 0.5) is 0 Å². The highest BCUT2D eigenvalue weighted by molar-refractivity contribution is 7.71. The number of halogens is 1. The van der Waals surface area contributed by atoms with Crippen molar-refractivity contribution in [1.82, 2.24) is 19.4 Å². The third kappa shape index (κ3) is 1.79. The summed E-state index contributed by atoms with van der Waals surface area (Å²) < 4.78 is 3.82. The number of rotatable bonds is 2. The number of aromatic amines is 1. The predicted octanol–water partition coefficient (Wildman–Crippen LogP) is 2.31. The van der Waals surface area contributed by atoms with Gasteiger partial charge in [0, 0.05) is 22.1 Å². The Hall–Kier alpha value is -1.79. The number of nitrogen functional groups attached to an aromatic ring is 1. The second-order valence-electron chi connectivity index (χ2n) is 3.96. The molecule has 0 atom stereocenters. The van der Waals surface area contributed by atoms with Gasteiger partial charge in [0.15, 0.2) is 5.82 Å². The number of hydrogen-bond acceptors (Lipinski definition) is 3. The van der Waals surface area contributed by atoms with E-state index in [4.69, 9.17) is 29.7 Å². The number of nitrogens with two attached hydrogens (primary N) is 1. The first-order valence-corrected chi connectivity index (χ1v) is 6.09. The van der Waals surface area contributed by atoms with Crippen LogP contribution in [0.5, 0.6) is 0 Å². The number of H-pyrrole nitrogens is 1. The number of benzene rings is 1. The molecular formula is C11H10ClN5S. The molecule has 2 heterocycles. The summed E-state index contributed by atoms with van der Waals surface area (Å²) in [5, 5.41) is 8.56. The smallest absolute Gasteiger partial charge is 0.214 e. The SMILES string of the molecule is Nn1c(Cn2ccc3cc(Cl)ccc32)n[nH]c1=S. The average Bonchev–Trinajstić information content (AvgIpc) is 2.88. The fourth-order valence-corrected chi connectivity index (χ4v) is 2.24.